The number of carbonyl (C=O) groups is 2. The van der Waals surface area contributed by atoms with E-state index in [2.05, 4.69) is 27.7 Å². The number of nitrogens with one attached hydrogen (secondary N) is 2. The second kappa shape index (κ2) is 10.1. The fourth-order valence-corrected chi connectivity index (χ4v) is 4.73. The van der Waals surface area contributed by atoms with Crippen LogP contribution >= 0.6 is 23.2 Å². The Balaban J connectivity index is 1.28. The molecule has 1 amide bonds. The second-order valence-corrected chi connectivity index (χ2v) is 9.28. The molecule has 1 aromatic heterocycles. The first-order chi connectivity index (χ1) is 15.4. The van der Waals surface area contributed by atoms with E-state index in [9.17, 15) is 14.7 Å². The van der Waals surface area contributed by atoms with Crippen LogP contribution in [0.25, 0.3) is 0 Å². The Bertz CT molecular complexity index is 990. The van der Waals surface area contributed by atoms with Crippen molar-refractivity contribution in [2.45, 2.75) is 31.7 Å². The summed E-state index contributed by atoms with van der Waals surface area (Å²) in [6, 6.07) is 8.40. The highest BCUT2D eigenvalue weighted by Crippen LogP contribution is 2.27. The number of anilines is 1. The maximum atomic E-state index is 12.7. The lowest BCUT2D eigenvalue weighted by Gasteiger charge is -2.38. The second-order valence-electron chi connectivity index (χ2n) is 8.41. The van der Waals surface area contributed by atoms with Crippen LogP contribution in [0.4, 0.5) is 5.82 Å². The number of hydrogen-bond acceptors (Lipinski definition) is 5. The predicted molar refractivity (Wildman–Crippen MR) is 124 cm³/mol. The fourth-order valence-electron chi connectivity index (χ4n) is 4.19. The van der Waals surface area contributed by atoms with Gasteiger partial charge in [-0.25, -0.2) is 4.98 Å². The number of amides is 1. The third-order valence-corrected chi connectivity index (χ3v) is 6.38. The van der Waals surface area contributed by atoms with Crippen LogP contribution in [-0.4, -0.2) is 53.0 Å². The molecule has 0 saturated carbocycles. The number of hydrogen-bond donors (Lipinski definition) is 3. The molecule has 170 valence electrons. The standard InChI is InChI=1S/C23H26Cl2N4O3/c24-17-8-15(9-18(25)10-17)20(11-21(30)31)28-23(32)16-12-29(13-16)7-5-19-4-3-14-2-1-6-26-22(14)27-19/h3-4,8-10,16,20H,1-2,5-7,11-13H2,(H,26,27)(H,28,32)(H,30,31). The SMILES string of the molecule is O=C(O)CC(NC(=O)C1CN(CCc2ccc3c(n2)NCCC3)C1)c1cc(Cl)cc(Cl)c1. The number of nitrogens with zero attached hydrogens (tertiary/aromatic N) is 2. The lowest BCUT2D eigenvalue weighted by atomic mass is 9.96. The molecule has 32 heavy (non-hydrogen) atoms. The number of carboxylic acids is 1. The summed E-state index contributed by atoms with van der Waals surface area (Å²) in [5.41, 5.74) is 2.91. The van der Waals surface area contributed by atoms with Crippen molar-refractivity contribution in [3.8, 4) is 0 Å². The van der Waals surface area contributed by atoms with Crippen LogP contribution in [0.2, 0.25) is 10.0 Å². The molecule has 0 spiro atoms. The van der Waals surface area contributed by atoms with Crippen LogP contribution < -0.4 is 10.6 Å². The monoisotopic (exact) mass is 476 g/mol. The number of carbonyl (C=O) groups excluding carboxylic acids is 1. The van der Waals surface area contributed by atoms with Crippen molar-refractivity contribution in [1.29, 1.82) is 0 Å². The third-order valence-electron chi connectivity index (χ3n) is 5.95. The van der Waals surface area contributed by atoms with E-state index >= 15 is 0 Å². The fraction of sp³-hybridized carbons (Fsp3) is 0.435. The van der Waals surface area contributed by atoms with Crippen LogP contribution in [0.1, 0.15) is 35.7 Å². The van der Waals surface area contributed by atoms with Crippen molar-refractivity contribution >= 4 is 40.9 Å². The van der Waals surface area contributed by atoms with Gasteiger partial charge in [0.2, 0.25) is 5.91 Å². The number of rotatable bonds is 8. The number of aromatic nitrogens is 1. The van der Waals surface area contributed by atoms with Gasteiger partial charge in [0.25, 0.3) is 0 Å². The number of benzene rings is 1. The molecule has 0 bridgehead atoms. The highest BCUT2D eigenvalue weighted by molar-refractivity contribution is 6.34. The van der Waals surface area contributed by atoms with E-state index in [4.69, 9.17) is 28.2 Å². The lowest BCUT2D eigenvalue weighted by Crippen LogP contribution is -2.54. The van der Waals surface area contributed by atoms with Crippen molar-refractivity contribution in [1.82, 2.24) is 15.2 Å². The van der Waals surface area contributed by atoms with Gasteiger partial charge in [-0.05, 0) is 48.2 Å². The molecule has 0 aliphatic carbocycles. The van der Waals surface area contributed by atoms with Gasteiger partial charge in [0, 0.05) is 48.3 Å². The molecule has 7 nitrogen and oxygen atoms in total. The minimum Gasteiger partial charge on any atom is -0.481 e. The van der Waals surface area contributed by atoms with E-state index in [1.54, 1.807) is 18.2 Å². The Labute approximate surface area is 197 Å². The zero-order valence-corrected chi connectivity index (χ0v) is 19.1. The number of pyridine rings is 1. The zero-order valence-electron chi connectivity index (χ0n) is 17.6. The Kier molecular flexibility index (Phi) is 7.18. The van der Waals surface area contributed by atoms with Gasteiger partial charge in [-0.15, -0.1) is 0 Å². The van der Waals surface area contributed by atoms with Crippen LogP contribution in [0.15, 0.2) is 30.3 Å². The summed E-state index contributed by atoms with van der Waals surface area (Å²) < 4.78 is 0. The molecule has 2 aromatic rings. The van der Waals surface area contributed by atoms with E-state index < -0.39 is 12.0 Å². The maximum absolute atomic E-state index is 12.7. The Hall–Kier alpha value is -2.35. The van der Waals surface area contributed by atoms with Crippen molar-refractivity contribution in [3.05, 3.63) is 57.2 Å². The lowest BCUT2D eigenvalue weighted by molar-refractivity contribution is -0.138. The van der Waals surface area contributed by atoms with Crippen molar-refractivity contribution in [3.63, 3.8) is 0 Å². The Morgan fingerprint density at radius 1 is 1.22 bits per heavy atom. The molecule has 3 heterocycles. The third kappa shape index (κ3) is 5.71. The summed E-state index contributed by atoms with van der Waals surface area (Å²) in [4.78, 5) is 31.0. The summed E-state index contributed by atoms with van der Waals surface area (Å²) in [6.45, 7) is 3.09. The highest BCUT2D eigenvalue weighted by atomic mass is 35.5. The summed E-state index contributed by atoms with van der Waals surface area (Å²) >= 11 is 12.1. The first-order valence-corrected chi connectivity index (χ1v) is 11.6. The van der Waals surface area contributed by atoms with E-state index in [1.165, 1.54) is 5.56 Å². The smallest absolute Gasteiger partial charge is 0.305 e. The Morgan fingerprint density at radius 2 is 1.97 bits per heavy atom. The molecule has 4 rings (SSSR count). The summed E-state index contributed by atoms with van der Waals surface area (Å²) in [5, 5.41) is 16.3. The van der Waals surface area contributed by atoms with Gasteiger partial charge in [0.1, 0.15) is 5.82 Å². The quantitative estimate of drug-likeness (QED) is 0.539. The first-order valence-electron chi connectivity index (χ1n) is 10.8. The number of aliphatic carboxylic acids is 1. The number of likely N-dealkylation sites (tertiary alicyclic amines) is 1. The number of halogens is 2. The van der Waals surface area contributed by atoms with Crippen molar-refractivity contribution < 1.29 is 14.7 Å². The summed E-state index contributed by atoms with van der Waals surface area (Å²) in [7, 11) is 0. The topological polar surface area (TPSA) is 94.6 Å². The van der Waals surface area contributed by atoms with Crippen LogP contribution in [0, 0.1) is 5.92 Å². The van der Waals surface area contributed by atoms with Crippen molar-refractivity contribution in [2.24, 2.45) is 5.92 Å². The molecule has 1 unspecified atom stereocenters. The van der Waals surface area contributed by atoms with Crippen LogP contribution in [0.3, 0.4) is 0 Å². The van der Waals surface area contributed by atoms with Gasteiger partial charge in [0.15, 0.2) is 0 Å². The van der Waals surface area contributed by atoms with E-state index in [0.717, 1.165) is 43.9 Å². The van der Waals surface area contributed by atoms with E-state index in [1.807, 2.05) is 0 Å². The maximum Gasteiger partial charge on any atom is 0.305 e. The van der Waals surface area contributed by atoms with Crippen LogP contribution in [0.5, 0.6) is 0 Å². The molecule has 9 heteroatoms. The first kappa shape index (κ1) is 22.8. The molecule has 1 fully saturated rings. The number of fused-ring (bicyclic) bond motifs is 1. The van der Waals surface area contributed by atoms with E-state index in [-0.39, 0.29) is 18.2 Å². The molecule has 2 aliphatic rings. The molecule has 3 N–H and O–H groups in total. The molecule has 0 radical (unpaired) electrons. The summed E-state index contributed by atoms with van der Waals surface area (Å²) in [6.07, 6.45) is 2.80. The van der Waals surface area contributed by atoms with Gasteiger partial charge in [-0.1, -0.05) is 29.3 Å². The molecule has 2 aliphatic heterocycles. The number of carboxylic acid groups (broad SMARTS) is 1. The molecule has 1 aromatic carbocycles. The van der Waals surface area contributed by atoms with Gasteiger partial charge < -0.3 is 20.6 Å². The normalized spacial score (nSPS) is 17.1. The Morgan fingerprint density at radius 3 is 2.69 bits per heavy atom. The average molecular weight is 477 g/mol. The minimum absolute atomic E-state index is 0.153. The van der Waals surface area contributed by atoms with E-state index in [0.29, 0.717) is 28.7 Å². The number of aryl methyl sites for hydroxylation is 1. The minimum atomic E-state index is -1.01. The molecule has 1 saturated heterocycles. The van der Waals surface area contributed by atoms with Gasteiger partial charge in [-0.2, -0.15) is 0 Å². The van der Waals surface area contributed by atoms with Gasteiger partial charge in [-0.3, -0.25) is 9.59 Å². The molecular weight excluding hydrogens is 451 g/mol. The highest BCUT2D eigenvalue weighted by Gasteiger charge is 2.34. The molecular formula is C23H26Cl2N4O3. The summed E-state index contributed by atoms with van der Waals surface area (Å²) in [5.74, 6) is -0.326. The molecule has 1 atom stereocenters. The van der Waals surface area contributed by atoms with Gasteiger partial charge in [0.05, 0.1) is 18.4 Å². The van der Waals surface area contributed by atoms with Crippen LogP contribution in [-0.2, 0) is 22.4 Å². The van der Waals surface area contributed by atoms with Crippen molar-refractivity contribution in [2.75, 3.05) is 31.5 Å². The largest absolute Gasteiger partial charge is 0.481 e. The predicted octanol–water partition coefficient (Wildman–Crippen LogP) is 3.55. The zero-order chi connectivity index (χ0) is 22.7. The van der Waals surface area contributed by atoms with Gasteiger partial charge >= 0.3 is 5.97 Å². The average Bonchev–Trinajstić information content (AvgIpc) is 2.71.